The predicted octanol–water partition coefficient (Wildman–Crippen LogP) is 2.73. The first kappa shape index (κ1) is 16.9. The van der Waals surface area contributed by atoms with Crippen LogP contribution in [0.4, 0.5) is 0 Å². The minimum atomic E-state index is -0.0828. The summed E-state index contributed by atoms with van der Waals surface area (Å²) in [6.07, 6.45) is 1.50. The first-order valence-electron chi connectivity index (χ1n) is 8.47. The number of carbonyl (C=O) groups excluding carboxylic acids is 1. The molecule has 4 rings (SSSR count). The highest BCUT2D eigenvalue weighted by atomic mass is 35.5. The lowest BCUT2D eigenvalue weighted by Gasteiger charge is -2.34. The van der Waals surface area contributed by atoms with E-state index in [0.29, 0.717) is 41.3 Å². The van der Waals surface area contributed by atoms with Crippen LogP contribution in [0.3, 0.4) is 0 Å². The van der Waals surface area contributed by atoms with Gasteiger partial charge in [-0.25, -0.2) is 0 Å². The van der Waals surface area contributed by atoms with Crippen LogP contribution < -0.4 is 5.43 Å². The van der Waals surface area contributed by atoms with E-state index < -0.39 is 0 Å². The van der Waals surface area contributed by atoms with Gasteiger partial charge in [0.05, 0.1) is 16.8 Å². The van der Waals surface area contributed by atoms with Crippen LogP contribution in [0.5, 0.6) is 0 Å². The van der Waals surface area contributed by atoms with E-state index in [9.17, 15) is 9.59 Å². The topological polar surface area (TPSA) is 69.6 Å². The van der Waals surface area contributed by atoms with Gasteiger partial charge in [-0.15, -0.1) is 0 Å². The van der Waals surface area contributed by atoms with E-state index in [1.54, 1.807) is 41.3 Å². The number of hydrogen-bond donors (Lipinski definition) is 1. The first-order chi connectivity index (χ1) is 12.6. The van der Waals surface area contributed by atoms with Crippen LogP contribution in [0.15, 0.2) is 51.9 Å². The van der Waals surface area contributed by atoms with Crippen molar-refractivity contribution >= 4 is 28.4 Å². The molecule has 7 heteroatoms. The van der Waals surface area contributed by atoms with E-state index >= 15 is 0 Å². The molecule has 3 heterocycles. The van der Waals surface area contributed by atoms with Gasteiger partial charge in [-0.05, 0) is 24.3 Å². The molecule has 1 fully saturated rings. The average Bonchev–Trinajstić information content (AvgIpc) is 3.17. The van der Waals surface area contributed by atoms with Gasteiger partial charge in [-0.2, -0.15) is 0 Å². The summed E-state index contributed by atoms with van der Waals surface area (Å²) >= 11 is 6.21. The van der Waals surface area contributed by atoms with Gasteiger partial charge in [0.25, 0.3) is 5.91 Å². The molecule has 1 aromatic carbocycles. The van der Waals surface area contributed by atoms with Crippen molar-refractivity contribution in [1.29, 1.82) is 0 Å². The maximum atomic E-state index is 12.3. The second kappa shape index (κ2) is 6.97. The normalized spacial score (nSPS) is 15.5. The van der Waals surface area contributed by atoms with E-state index in [-0.39, 0.29) is 11.3 Å². The third-order valence-corrected chi connectivity index (χ3v) is 4.97. The van der Waals surface area contributed by atoms with Crippen LogP contribution in [0.2, 0.25) is 5.02 Å². The highest BCUT2D eigenvalue weighted by molar-refractivity contribution is 6.35. The summed E-state index contributed by atoms with van der Waals surface area (Å²) in [6.45, 7) is 3.32. The highest BCUT2D eigenvalue weighted by Crippen LogP contribution is 2.19. The smallest absolute Gasteiger partial charge is 0.289 e. The zero-order valence-corrected chi connectivity index (χ0v) is 14.8. The lowest BCUT2D eigenvalue weighted by molar-refractivity contribution is 0.0596. The fraction of sp³-hybridized carbons (Fsp3) is 0.263. The Bertz CT molecular complexity index is 989. The van der Waals surface area contributed by atoms with E-state index in [4.69, 9.17) is 16.0 Å². The molecular formula is C19H18ClN3O3. The molecule has 1 saturated heterocycles. The summed E-state index contributed by atoms with van der Waals surface area (Å²) in [5.74, 6) is 0.285. The Balaban J connectivity index is 1.45. The summed E-state index contributed by atoms with van der Waals surface area (Å²) in [5, 5.41) is 1.13. The number of pyridine rings is 1. The lowest BCUT2D eigenvalue weighted by atomic mass is 10.2. The van der Waals surface area contributed by atoms with Crippen molar-refractivity contribution < 1.29 is 9.21 Å². The second-order valence-electron chi connectivity index (χ2n) is 6.37. The van der Waals surface area contributed by atoms with Crippen LogP contribution in [0, 0.1) is 0 Å². The number of hydrogen-bond acceptors (Lipinski definition) is 4. The molecule has 2 aromatic heterocycles. The van der Waals surface area contributed by atoms with Crippen LogP contribution in [-0.4, -0.2) is 46.9 Å². The number of furan rings is 1. The van der Waals surface area contributed by atoms with Crippen molar-refractivity contribution in [3.8, 4) is 0 Å². The van der Waals surface area contributed by atoms with Crippen molar-refractivity contribution in [2.24, 2.45) is 0 Å². The van der Waals surface area contributed by atoms with Crippen LogP contribution in [0.1, 0.15) is 16.2 Å². The summed E-state index contributed by atoms with van der Waals surface area (Å²) in [7, 11) is 0. The quantitative estimate of drug-likeness (QED) is 0.768. The number of aromatic nitrogens is 1. The maximum absolute atomic E-state index is 12.3. The predicted molar refractivity (Wildman–Crippen MR) is 99.5 cm³/mol. The zero-order valence-electron chi connectivity index (χ0n) is 14.1. The third-order valence-electron chi connectivity index (χ3n) is 4.66. The number of amides is 1. The maximum Gasteiger partial charge on any atom is 0.289 e. The summed E-state index contributed by atoms with van der Waals surface area (Å²) in [4.78, 5) is 31.9. The molecule has 0 saturated carbocycles. The van der Waals surface area contributed by atoms with Gasteiger partial charge in [-0.3, -0.25) is 14.5 Å². The van der Waals surface area contributed by atoms with Gasteiger partial charge in [0, 0.05) is 49.9 Å². The molecule has 3 aromatic rings. The van der Waals surface area contributed by atoms with Crippen molar-refractivity contribution in [2.75, 3.05) is 26.2 Å². The fourth-order valence-electron chi connectivity index (χ4n) is 3.28. The van der Waals surface area contributed by atoms with E-state index in [0.717, 1.165) is 18.8 Å². The molecule has 134 valence electrons. The van der Waals surface area contributed by atoms with Crippen molar-refractivity contribution in [3.05, 3.63) is 69.4 Å². The fourth-order valence-corrected chi connectivity index (χ4v) is 3.50. The number of benzene rings is 1. The molecule has 0 aliphatic carbocycles. The molecule has 0 radical (unpaired) electrons. The third kappa shape index (κ3) is 3.25. The number of nitrogens with one attached hydrogen (secondary N) is 1. The highest BCUT2D eigenvalue weighted by Gasteiger charge is 2.23. The molecule has 1 aliphatic rings. The molecule has 1 N–H and O–H groups in total. The van der Waals surface area contributed by atoms with Gasteiger partial charge in [0.1, 0.15) is 0 Å². The van der Waals surface area contributed by atoms with Gasteiger partial charge in [0.15, 0.2) is 11.2 Å². The number of carbonyl (C=O) groups is 1. The van der Waals surface area contributed by atoms with Gasteiger partial charge >= 0.3 is 0 Å². The summed E-state index contributed by atoms with van der Waals surface area (Å²) in [5.41, 5.74) is 1.45. The molecular weight excluding hydrogens is 354 g/mol. The van der Waals surface area contributed by atoms with Gasteiger partial charge in [-0.1, -0.05) is 17.7 Å². The summed E-state index contributed by atoms with van der Waals surface area (Å²) in [6, 6.07) is 10.3. The number of piperazine rings is 1. The molecule has 0 unspecified atom stereocenters. The molecule has 26 heavy (non-hydrogen) atoms. The Hall–Kier alpha value is -2.57. The molecule has 0 bridgehead atoms. The Morgan fingerprint density at radius 2 is 1.96 bits per heavy atom. The number of nitrogens with zero attached hydrogens (tertiary/aromatic N) is 2. The summed E-state index contributed by atoms with van der Waals surface area (Å²) < 4.78 is 5.18. The molecule has 1 amide bonds. The average molecular weight is 372 g/mol. The number of halogens is 1. The van der Waals surface area contributed by atoms with Gasteiger partial charge < -0.3 is 14.3 Å². The Labute approximate surface area is 155 Å². The van der Waals surface area contributed by atoms with Crippen molar-refractivity contribution in [1.82, 2.24) is 14.8 Å². The second-order valence-corrected chi connectivity index (χ2v) is 6.77. The molecule has 0 spiro atoms. The monoisotopic (exact) mass is 371 g/mol. The minimum Gasteiger partial charge on any atom is -0.459 e. The zero-order chi connectivity index (χ0) is 18.1. The standard InChI is InChI=1S/C19H18ClN3O3/c20-15-4-1-3-14-16(24)11-13(21-18(14)15)12-22-6-8-23(9-7-22)19(25)17-5-2-10-26-17/h1-5,10-11H,6-9,12H2,(H,21,24). The number of aromatic amines is 1. The number of H-pyrrole nitrogens is 1. The Kier molecular flexibility index (Phi) is 4.53. The van der Waals surface area contributed by atoms with Crippen molar-refractivity contribution in [3.63, 3.8) is 0 Å². The van der Waals surface area contributed by atoms with E-state index in [1.165, 1.54) is 6.26 Å². The number of rotatable bonds is 3. The SMILES string of the molecule is O=C(c1ccco1)N1CCN(Cc2cc(=O)c3cccc(Cl)c3[nH]2)CC1. The number of para-hydroxylation sites is 1. The van der Waals surface area contributed by atoms with E-state index in [2.05, 4.69) is 9.88 Å². The Morgan fingerprint density at radius 1 is 1.15 bits per heavy atom. The lowest BCUT2D eigenvalue weighted by Crippen LogP contribution is -2.48. The first-order valence-corrected chi connectivity index (χ1v) is 8.85. The molecule has 0 atom stereocenters. The van der Waals surface area contributed by atoms with Crippen LogP contribution in [-0.2, 0) is 6.54 Å². The van der Waals surface area contributed by atoms with E-state index in [1.807, 2.05) is 0 Å². The molecule has 1 aliphatic heterocycles. The Morgan fingerprint density at radius 3 is 2.69 bits per heavy atom. The van der Waals surface area contributed by atoms with Crippen LogP contribution in [0.25, 0.3) is 10.9 Å². The van der Waals surface area contributed by atoms with Gasteiger partial charge in [0.2, 0.25) is 0 Å². The molecule has 6 nitrogen and oxygen atoms in total. The minimum absolute atomic E-state index is 0.0390. The number of fused-ring (bicyclic) bond motifs is 1. The van der Waals surface area contributed by atoms with Crippen LogP contribution >= 0.6 is 11.6 Å². The largest absolute Gasteiger partial charge is 0.459 e. The van der Waals surface area contributed by atoms with Crippen molar-refractivity contribution in [2.45, 2.75) is 6.54 Å².